The monoisotopic (exact) mass is 598 g/mol. The van der Waals surface area contributed by atoms with Crippen molar-refractivity contribution in [1.29, 1.82) is 0 Å². The maximum atomic E-state index is 14.9. The Balaban J connectivity index is 2.07. The first-order chi connectivity index (χ1) is 20.0. The van der Waals surface area contributed by atoms with Gasteiger partial charge in [0.05, 0.1) is 27.3 Å². The average Bonchev–Trinajstić information content (AvgIpc) is 2.96. The molecule has 42 heavy (non-hydrogen) atoms. The molecule has 0 spiro atoms. The molecule has 0 aliphatic rings. The first kappa shape index (κ1) is 31.8. The smallest absolute Gasteiger partial charge is 0.255 e. The molecule has 1 amide bonds. The van der Waals surface area contributed by atoms with Crippen molar-refractivity contribution in [2.24, 2.45) is 0 Å². The van der Waals surface area contributed by atoms with E-state index in [2.05, 4.69) is 93.1 Å². The summed E-state index contributed by atoms with van der Waals surface area (Å²) in [6, 6.07) is 36.7. The van der Waals surface area contributed by atoms with Crippen molar-refractivity contribution in [3.63, 3.8) is 0 Å². The lowest BCUT2D eigenvalue weighted by molar-refractivity contribution is 0.0643. The summed E-state index contributed by atoms with van der Waals surface area (Å²) in [5.74, 6) is -0.00534. The number of rotatable bonds is 10. The Morgan fingerprint density at radius 3 is 1.64 bits per heavy atom. The van der Waals surface area contributed by atoms with Gasteiger partial charge in [0.1, 0.15) is 0 Å². The van der Waals surface area contributed by atoms with Crippen LogP contribution < -0.4 is 20.6 Å². The molecular weight excluding hydrogens is 555 g/mol. The van der Waals surface area contributed by atoms with Crippen molar-refractivity contribution in [1.82, 2.24) is 9.62 Å². The van der Waals surface area contributed by atoms with Gasteiger partial charge in [-0.15, -0.1) is 0 Å². The molecule has 0 aliphatic carbocycles. The summed E-state index contributed by atoms with van der Waals surface area (Å²) in [4.78, 5) is 16.9. The van der Waals surface area contributed by atoms with Gasteiger partial charge in [-0.3, -0.25) is 4.79 Å². The first-order valence-electron chi connectivity index (χ1n) is 14.6. The lowest BCUT2D eigenvalue weighted by Gasteiger charge is -2.35. The topological polar surface area (TPSA) is 49.4 Å². The first-order valence-corrected chi connectivity index (χ1v) is 17.1. The van der Waals surface area contributed by atoms with E-state index in [1.807, 2.05) is 74.2 Å². The number of benzene rings is 4. The minimum Gasteiger partial charge on any atom is -0.334 e. The largest absolute Gasteiger partial charge is 0.334 e. The van der Waals surface area contributed by atoms with Crippen LogP contribution >= 0.6 is 7.92 Å². The lowest BCUT2D eigenvalue weighted by atomic mass is 9.94. The van der Waals surface area contributed by atoms with Crippen LogP contribution in [0.5, 0.6) is 0 Å². The Kier molecular flexibility index (Phi) is 10.5. The zero-order valence-corrected chi connectivity index (χ0v) is 27.5. The summed E-state index contributed by atoms with van der Waals surface area (Å²) in [6.07, 6.45) is 0. The van der Waals surface area contributed by atoms with E-state index in [4.69, 9.17) is 0 Å². The van der Waals surface area contributed by atoms with Crippen LogP contribution in [0.1, 0.15) is 76.0 Å². The maximum absolute atomic E-state index is 14.9. The molecule has 0 saturated heterocycles. The Morgan fingerprint density at radius 2 is 1.19 bits per heavy atom. The fourth-order valence-corrected chi connectivity index (χ4v) is 8.54. The maximum Gasteiger partial charge on any atom is 0.255 e. The van der Waals surface area contributed by atoms with Gasteiger partial charge in [-0.05, 0) is 83.4 Å². The van der Waals surface area contributed by atoms with E-state index in [-0.39, 0.29) is 18.0 Å². The molecule has 4 aromatic carbocycles. The van der Waals surface area contributed by atoms with Gasteiger partial charge in [0.25, 0.3) is 5.91 Å². The van der Waals surface area contributed by atoms with E-state index in [9.17, 15) is 9.00 Å². The van der Waals surface area contributed by atoms with Crippen LogP contribution in [0.3, 0.4) is 0 Å². The van der Waals surface area contributed by atoms with E-state index in [0.29, 0.717) is 5.56 Å². The Bertz CT molecular complexity index is 1440. The standard InChI is InChI=1S/C36H43N2O2PS/c1-26(2)38(27(3)4)35(39)33-31(34(28-18-11-8-12-19-28)37-42(40)36(5,6)7)24-17-25-32(33)41(29-20-13-9-14-21-29)30-22-15-10-16-23-30/h8-27,34,37H,1-7H3/t34-,42?/m0/s1. The quantitative estimate of drug-likeness (QED) is 0.203. The lowest BCUT2D eigenvalue weighted by Crippen LogP contribution is -2.45. The van der Waals surface area contributed by atoms with E-state index in [1.165, 1.54) is 10.6 Å². The summed E-state index contributed by atoms with van der Waals surface area (Å²) in [6.45, 7) is 14.2. The molecule has 0 aliphatic heterocycles. The zero-order valence-electron chi connectivity index (χ0n) is 25.7. The SMILES string of the molecule is CC(C)N(C(=O)c1c([C@@H](NS(=O)C(C)(C)C)c2ccccc2)cccc1P(c1ccccc1)c1ccccc1)C(C)C. The molecular formula is C36H43N2O2PS. The second-order valence-corrected chi connectivity index (χ2v) is 16.2. The van der Waals surface area contributed by atoms with Crippen molar-refractivity contribution in [3.05, 3.63) is 126 Å². The van der Waals surface area contributed by atoms with Gasteiger partial charge in [0, 0.05) is 12.1 Å². The molecule has 0 aromatic heterocycles. The average molecular weight is 599 g/mol. The van der Waals surface area contributed by atoms with Crippen LogP contribution in [-0.4, -0.2) is 31.8 Å². The van der Waals surface area contributed by atoms with Gasteiger partial charge in [-0.2, -0.15) is 0 Å². The zero-order chi connectivity index (χ0) is 30.4. The molecule has 4 rings (SSSR count). The molecule has 0 heterocycles. The van der Waals surface area contributed by atoms with Crippen LogP contribution in [0.15, 0.2) is 109 Å². The number of hydrogen-bond acceptors (Lipinski definition) is 2. The van der Waals surface area contributed by atoms with Crippen LogP contribution in [0.4, 0.5) is 0 Å². The minimum absolute atomic E-state index is 0.00456. The molecule has 220 valence electrons. The van der Waals surface area contributed by atoms with Gasteiger partial charge in [0.2, 0.25) is 0 Å². The van der Waals surface area contributed by atoms with Crippen molar-refractivity contribution >= 4 is 40.7 Å². The third kappa shape index (κ3) is 7.26. The highest BCUT2D eigenvalue weighted by molar-refractivity contribution is 7.84. The highest BCUT2D eigenvalue weighted by atomic mass is 32.2. The van der Waals surface area contributed by atoms with E-state index in [0.717, 1.165) is 16.4 Å². The van der Waals surface area contributed by atoms with Gasteiger partial charge < -0.3 is 4.90 Å². The number of amides is 1. The van der Waals surface area contributed by atoms with Crippen LogP contribution in [0.25, 0.3) is 0 Å². The van der Waals surface area contributed by atoms with Crippen molar-refractivity contribution in [3.8, 4) is 0 Å². The molecule has 0 fully saturated rings. The highest BCUT2D eigenvalue weighted by Crippen LogP contribution is 2.38. The van der Waals surface area contributed by atoms with Crippen LogP contribution in [-0.2, 0) is 11.0 Å². The van der Waals surface area contributed by atoms with E-state index in [1.54, 1.807) is 0 Å². The Hall–Kier alpha value is -3.11. The summed E-state index contributed by atoms with van der Waals surface area (Å²) < 4.78 is 16.6. The van der Waals surface area contributed by atoms with Gasteiger partial charge >= 0.3 is 0 Å². The number of nitrogens with zero attached hydrogens (tertiary/aromatic N) is 1. The summed E-state index contributed by atoms with van der Waals surface area (Å²) >= 11 is 0. The molecule has 1 N–H and O–H groups in total. The Labute approximate surface area is 255 Å². The second kappa shape index (κ2) is 13.9. The van der Waals surface area contributed by atoms with E-state index >= 15 is 0 Å². The van der Waals surface area contributed by atoms with Crippen LogP contribution in [0, 0.1) is 0 Å². The van der Waals surface area contributed by atoms with Crippen LogP contribution in [0.2, 0.25) is 0 Å². The molecule has 6 heteroatoms. The molecule has 0 radical (unpaired) electrons. The molecule has 0 bridgehead atoms. The fraction of sp³-hybridized carbons (Fsp3) is 0.306. The molecule has 1 unspecified atom stereocenters. The predicted molar refractivity (Wildman–Crippen MR) is 181 cm³/mol. The molecule has 0 saturated carbocycles. The van der Waals surface area contributed by atoms with Crippen molar-refractivity contribution < 1.29 is 9.00 Å². The fourth-order valence-electron chi connectivity index (χ4n) is 5.23. The molecule has 4 aromatic rings. The number of carbonyl (C=O) groups excluding carboxylic acids is 1. The number of hydrogen-bond donors (Lipinski definition) is 1. The third-order valence-electron chi connectivity index (χ3n) is 7.13. The third-order valence-corrected chi connectivity index (χ3v) is 11.2. The van der Waals surface area contributed by atoms with Crippen molar-refractivity contribution in [2.45, 2.75) is 71.3 Å². The van der Waals surface area contributed by atoms with Gasteiger partial charge in [-0.25, -0.2) is 8.93 Å². The number of nitrogens with one attached hydrogen (secondary N) is 1. The van der Waals surface area contributed by atoms with E-state index < -0.39 is 29.7 Å². The normalized spacial score (nSPS) is 13.4. The highest BCUT2D eigenvalue weighted by Gasteiger charge is 2.34. The van der Waals surface area contributed by atoms with Gasteiger partial charge in [0.15, 0.2) is 0 Å². The predicted octanol–water partition coefficient (Wildman–Crippen LogP) is 6.85. The minimum atomic E-state index is -1.38. The van der Waals surface area contributed by atoms with Crippen molar-refractivity contribution in [2.75, 3.05) is 0 Å². The molecule has 4 nitrogen and oxygen atoms in total. The van der Waals surface area contributed by atoms with Gasteiger partial charge in [-0.1, -0.05) is 109 Å². The summed E-state index contributed by atoms with van der Waals surface area (Å²) in [7, 11) is -2.44. The Morgan fingerprint density at radius 1 is 0.714 bits per heavy atom. The summed E-state index contributed by atoms with van der Waals surface area (Å²) in [5.41, 5.74) is 2.49. The summed E-state index contributed by atoms with van der Waals surface area (Å²) in [5, 5.41) is 3.35. The number of carbonyl (C=O) groups is 1. The second-order valence-electron chi connectivity index (χ2n) is 12.0. The molecule has 2 atom stereocenters.